The second kappa shape index (κ2) is 6.00. The summed E-state index contributed by atoms with van der Waals surface area (Å²) < 4.78 is 5.45. The topological polar surface area (TPSA) is 63.7 Å². The van der Waals surface area contributed by atoms with Crippen LogP contribution in [0.2, 0.25) is 0 Å². The van der Waals surface area contributed by atoms with Gasteiger partial charge in [0.1, 0.15) is 0 Å². The van der Waals surface area contributed by atoms with Crippen LogP contribution in [-0.2, 0) is 9.53 Å². The molecule has 2 rings (SSSR count). The Kier molecular flexibility index (Phi) is 4.34. The van der Waals surface area contributed by atoms with Gasteiger partial charge in [-0.15, -0.1) is 0 Å². The third kappa shape index (κ3) is 2.80. The van der Waals surface area contributed by atoms with Crippen LogP contribution < -0.4 is 0 Å². The third-order valence-corrected chi connectivity index (χ3v) is 3.25. The van der Waals surface area contributed by atoms with Crippen LogP contribution in [0.4, 0.5) is 0 Å². The molecular formula is C14H12BrNO4. The molecule has 0 aromatic heterocycles. The van der Waals surface area contributed by atoms with Crippen molar-refractivity contribution in [3.8, 4) is 0 Å². The fraction of sp³-hybridized carbons (Fsp3) is 0.214. The van der Waals surface area contributed by atoms with E-state index in [1.54, 1.807) is 25.1 Å². The van der Waals surface area contributed by atoms with Crippen LogP contribution in [0, 0.1) is 0 Å². The fourth-order valence-corrected chi connectivity index (χ4v) is 2.23. The first-order valence-electron chi connectivity index (χ1n) is 6.03. The summed E-state index contributed by atoms with van der Waals surface area (Å²) in [6, 6.07) is 4.93. The van der Waals surface area contributed by atoms with E-state index in [4.69, 9.17) is 4.74 Å². The molecule has 0 saturated carbocycles. The van der Waals surface area contributed by atoms with E-state index in [0.29, 0.717) is 11.1 Å². The predicted molar refractivity (Wildman–Crippen MR) is 75.3 cm³/mol. The van der Waals surface area contributed by atoms with Crippen molar-refractivity contribution in [2.45, 2.75) is 6.92 Å². The summed E-state index contributed by atoms with van der Waals surface area (Å²) in [5.41, 5.74) is 0.747. The normalized spacial score (nSPS) is 14.0. The Hall–Kier alpha value is -1.95. The van der Waals surface area contributed by atoms with Crippen molar-refractivity contribution in [2.75, 3.05) is 13.2 Å². The first-order chi connectivity index (χ1) is 9.54. The van der Waals surface area contributed by atoms with E-state index in [0.717, 1.165) is 9.37 Å². The molecule has 0 fully saturated rings. The van der Waals surface area contributed by atoms with Gasteiger partial charge in [-0.05, 0) is 25.1 Å². The lowest BCUT2D eigenvalue weighted by Crippen LogP contribution is -2.29. The average molecular weight is 338 g/mol. The molecule has 5 nitrogen and oxygen atoms in total. The highest BCUT2D eigenvalue weighted by molar-refractivity contribution is 9.10. The fourth-order valence-electron chi connectivity index (χ4n) is 1.87. The lowest BCUT2D eigenvalue weighted by atomic mass is 10.1. The molecule has 0 atom stereocenters. The third-order valence-electron chi connectivity index (χ3n) is 2.76. The number of carbonyl (C=O) groups excluding carboxylic acids is 3. The van der Waals surface area contributed by atoms with Crippen molar-refractivity contribution in [3.05, 3.63) is 46.0 Å². The zero-order valence-corrected chi connectivity index (χ0v) is 12.3. The SMILES string of the molecule is CCOC(=O)/C=C/CN1C(=O)c2ccc(Br)cc2C1=O. The molecule has 20 heavy (non-hydrogen) atoms. The Labute approximate surface area is 124 Å². The standard InChI is InChI=1S/C14H12BrNO4/c1-2-20-12(17)4-3-7-16-13(18)10-6-5-9(15)8-11(10)14(16)19/h3-6,8H,2,7H2,1H3/b4-3+. The van der Waals surface area contributed by atoms with E-state index < -0.39 is 5.97 Å². The van der Waals surface area contributed by atoms with E-state index in [2.05, 4.69) is 15.9 Å². The number of benzene rings is 1. The maximum absolute atomic E-state index is 12.1. The quantitative estimate of drug-likeness (QED) is 0.480. The minimum absolute atomic E-state index is 0.0444. The van der Waals surface area contributed by atoms with Gasteiger partial charge in [0, 0.05) is 17.1 Å². The number of ether oxygens (including phenoxy) is 1. The Balaban J connectivity index is 2.11. The maximum Gasteiger partial charge on any atom is 0.330 e. The van der Waals surface area contributed by atoms with Crippen molar-refractivity contribution in [1.29, 1.82) is 0 Å². The highest BCUT2D eigenvalue weighted by Gasteiger charge is 2.34. The van der Waals surface area contributed by atoms with Crippen molar-refractivity contribution in [3.63, 3.8) is 0 Å². The zero-order valence-electron chi connectivity index (χ0n) is 10.8. The minimum Gasteiger partial charge on any atom is -0.463 e. The smallest absolute Gasteiger partial charge is 0.330 e. The van der Waals surface area contributed by atoms with Crippen LogP contribution in [0.5, 0.6) is 0 Å². The summed E-state index contributed by atoms with van der Waals surface area (Å²) in [6.07, 6.45) is 2.65. The number of carbonyl (C=O) groups is 3. The molecule has 1 aromatic rings. The Bertz CT molecular complexity index is 609. The lowest BCUT2D eigenvalue weighted by Gasteiger charge is -2.10. The lowest BCUT2D eigenvalue weighted by molar-refractivity contribution is -0.137. The molecule has 0 N–H and O–H groups in total. The van der Waals surface area contributed by atoms with Crippen LogP contribution in [0.1, 0.15) is 27.6 Å². The summed E-state index contributed by atoms with van der Waals surface area (Å²) in [4.78, 5) is 36.4. The summed E-state index contributed by atoms with van der Waals surface area (Å²) in [5, 5.41) is 0. The Morgan fingerprint density at radius 2 is 2.00 bits per heavy atom. The van der Waals surface area contributed by atoms with Gasteiger partial charge in [0.2, 0.25) is 0 Å². The van der Waals surface area contributed by atoms with Gasteiger partial charge in [-0.3, -0.25) is 14.5 Å². The van der Waals surface area contributed by atoms with Crippen LogP contribution in [0.15, 0.2) is 34.8 Å². The first-order valence-corrected chi connectivity index (χ1v) is 6.83. The van der Waals surface area contributed by atoms with E-state index in [9.17, 15) is 14.4 Å². The van der Waals surface area contributed by atoms with E-state index >= 15 is 0 Å². The molecule has 2 amide bonds. The molecule has 6 heteroatoms. The number of rotatable bonds is 4. The summed E-state index contributed by atoms with van der Waals surface area (Å²) in [7, 11) is 0. The molecule has 1 aromatic carbocycles. The Morgan fingerprint density at radius 1 is 1.30 bits per heavy atom. The summed E-state index contributed by atoms with van der Waals surface area (Å²) in [6.45, 7) is 2.03. The first kappa shape index (κ1) is 14.5. The number of hydrogen-bond donors (Lipinski definition) is 0. The predicted octanol–water partition coefficient (Wildman–Crippen LogP) is 2.16. The van der Waals surface area contributed by atoms with Gasteiger partial charge < -0.3 is 4.74 Å². The number of amides is 2. The van der Waals surface area contributed by atoms with Crippen molar-refractivity contribution in [2.24, 2.45) is 0 Å². The molecule has 1 aliphatic heterocycles. The number of hydrogen-bond acceptors (Lipinski definition) is 4. The number of halogens is 1. The molecule has 0 spiro atoms. The maximum atomic E-state index is 12.1. The molecule has 0 saturated heterocycles. The summed E-state index contributed by atoms with van der Waals surface area (Å²) >= 11 is 3.26. The van der Waals surface area contributed by atoms with Crippen LogP contribution in [-0.4, -0.2) is 35.8 Å². The van der Waals surface area contributed by atoms with Crippen LogP contribution in [0.3, 0.4) is 0 Å². The van der Waals surface area contributed by atoms with Crippen molar-refractivity contribution in [1.82, 2.24) is 4.90 Å². The van der Waals surface area contributed by atoms with E-state index in [-0.39, 0.29) is 25.0 Å². The zero-order chi connectivity index (χ0) is 14.7. The van der Waals surface area contributed by atoms with E-state index in [1.165, 1.54) is 12.2 Å². The molecule has 1 aliphatic rings. The second-order valence-corrected chi connectivity index (χ2v) is 4.98. The van der Waals surface area contributed by atoms with E-state index in [1.807, 2.05) is 0 Å². The highest BCUT2D eigenvalue weighted by Crippen LogP contribution is 2.25. The monoisotopic (exact) mass is 337 g/mol. The molecule has 0 aliphatic carbocycles. The van der Waals surface area contributed by atoms with Gasteiger partial charge in [-0.25, -0.2) is 4.79 Å². The Morgan fingerprint density at radius 3 is 2.70 bits per heavy atom. The van der Waals surface area contributed by atoms with Gasteiger partial charge in [-0.2, -0.15) is 0 Å². The molecule has 0 bridgehead atoms. The largest absolute Gasteiger partial charge is 0.463 e. The van der Waals surface area contributed by atoms with Gasteiger partial charge in [-0.1, -0.05) is 22.0 Å². The highest BCUT2D eigenvalue weighted by atomic mass is 79.9. The molecule has 1 heterocycles. The second-order valence-electron chi connectivity index (χ2n) is 4.07. The number of fused-ring (bicyclic) bond motifs is 1. The minimum atomic E-state index is -0.494. The number of nitrogens with zero attached hydrogens (tertiary/aromatic N) is 1. The summed E-state index contributed by atoms with van der Waals surface area (Å²) in [5.74, 6) is -1.21. The van der Waals surface area contributed by atoms with Crippen molar-refractivity contribution < 1.29 is 19.1 Å². The molecular weight excluding hydrogens is 326 g/mol. The average Bonchev–Trinajstić information content (AvgIpc) is 2.63. The van der Waals surface area contributed by atoms with Gasteiger partial charge >= 0.3 is 5.97 Å². The number of esters is 1. The molecule has 0 unspecified atom stereocenters. The molecule has 104 valence electrons. The van der Waals surface area contributed by atoms with Crippen LogP contribution in [0.25, 0.3) is 0 Å². The van der Waals surface area contributed by atoms with Crippen LogP contribution >= 0.6 is 15.9 Å². The van der Waals surface area contributed by atoms with Gasteiger partial charge in [0.05, 0.1) is 17.7 Å². The molecule has 0 radical (unpaired) electrons. The van der Waals surface area contributed by atoms with Gasteiger partial charge in [0.25, 0.3) is 11.8 Å². The van der Waals surface area contributed by atoms with Crippen molar-refractivity contribution >= 4 is 33.7 Å². The number of imide groups is 1. The van der Waals surface area contributed by atoms with Gasteiger partial charge in [0.15, 0.2) is 0 Å².